The second kappa shape index (κ2) is 3.07. The van der Waals surface area contributed by atoms with Crippen molar-refractivity contribution in [1.82, 2.24) is 4.98 Å². The minimum atomic E-state index is 0.691. The highest BCUT2D eigenvalue weighted by molar-refractivity contribution is 5.44. The fourth-order valence-electron chi connectivity index (χ4n) is 2.87. The van der Waals surface area contributed by atoms with E-state index in [1.807, 2.05) is 0 Å². The van der Waals surface area contributed by atoms with Gasteiger partial charge in [0.25, 0.3) is 0 Å². The van der Waals surface area contributed by atoms with Crippen molar-refractivity contribution in [2.24, 2.45) is 0 Å². The Morgan fingerprint density at radius 2 is 1.73 bits per heavy atom. The number of hydrogen-bond donors (Lipinski definition) is 0. The number of pyridine rings is 1. The Labute approximate surface area is 91.9 Å². The molecule has 0 spiro atoms. The molecule has 3 rings (SSSR count). The van der Waals surface area contributed by atoms with Crippen molar-refractivity contribution in [2.45, 2.75) is 58.3 Å². The molecule has 0 bridgehead atoms. The van der Waals surface area contributed by atoms with E-state index in [0.29, 0.717) is 5.92 Å². The topological polar surface area (TPSA) is 12.9 Å². The molecule has 0 aromatic carbocycles. The molecule has 0 radical (unpaired) electrons. The molecule has 1 atom stereocenters. The molecule has 1 nitrogen and oxygen atoms in total. The first-order valence-corrected chi connectivity index (χ1v) is 6.18. The highest BCUT2D eigenvalue weighted by Gasteiger charge is 2.31. The number of aromatic nitrogens is 1. The Kier molecular flexibility index (Phi) is 1.92. The molecule has 2 aliphatic carbocycles. The molecule has 1 heteroatoms. The van der Waals surface area contributed by atoms with Gasteiger partial charge in [0.15, 0.2) is 0 Å². The average molecular weight is 201 g/mol. The van der Waals surface area contributed by atoms with Gasteiger partial charge in [0, 0.05) is 17.3 Å². The Balaban J connectivity index is 2.19. The van der Waals surface area contributed by atoms with Gasteiger partial charge in [0.05, 0.1) is 0 Å². The van der Waals surface area contributed by atoms with Crippen LogP contribution in [0.2, 0.25) is 0 Å². The van der Waals surface area contributed by atoms with Crippen LogP contribution in [0.1, 0.15) is 66.1 Å². The molecule has 0 amide bonds. The van der Waals surface area contributed by atoms with Crippen LogP contribution in [0, 0.1) is 13.8 Å². The largest absolute Gasteiger partial charge is 0.257 e. The number of rotatable bonds is 1. The van der Waals surface area contributed by atoms with E-state index in [0.717, 1.165) is 5.92 Å². The standard InChI is InChI=1S/C14H19N/c1-8-4-7-12-9(2)10(3)14(11-5-6-11)15-13(8)12/h8,11H,4-7H2,1-3H3. The molecule has 0 saturated heterocycles. The van der Waals surface area contributed by atoms with E-state index in [1.165, 1.54) is 48.2 Å². The average Bonchev–Trinajstić information content (AvgIpc) is 2.98. The summed E-state index contributed by atoms with van der Waals surface area (Å²) < 4.78 is 0. The van der Waals surface area contributed by atoms with Crippen molar-refractivity contribution in [3.8, 4) is 0 Å². The van der Waals surface area contributed by atoms with Gasteiger partial charge in [-0.05, 0) is 62.1 Å². The summed E-state index contributed by atoms with van der Waals surface area (Å²) in [5, 5.41) is 0. The maximum Gasteiger partial charge on any atom is 0.0470 e. The molecule has 2 aliphatic rings. The summed E-state index contributed by atoms with van der Waals surface area (Å²) in [6.07, 6.45) is 5.28. The van der Waals surface area contributed by atoms with Crippen LogP contribution in [0.5, 0.6) is 0 Å². The number of fused-ring (bicyclic) bond motifs is 1. The highest BCUT2D eigenvalue weighted by atomic mass is 14.8. The Morgan fingerprint density at radius 1 is 1.00 bits per heavy atom. The molecule has 15 heavy (non-hydrogen) atoms. The van der Waals surface area contributed by atoms with Crippen LogP contribution in [0.3, 0.4) is 0 Å². The summed E-state index contributed by atoms with van der Waals surface area (Å²) >= 11 is 0. The number of nitrogens with zero attached hydrogens (tertiary/aromatic N) is 1. The molecule has 1 saturated carbocycles. The summed E-state index contributed by atoms with van der Waals surface area (Å²) in [4.78, 5) is 4.96. The van der Waals surface area contributed by atoms with E-state index >= 15 is 0 Å². The van der Waals surface area contributed by atoms with Gasteiger partial charge in [-0.2, -0.15) is 0 Å². The Morgan fingerprint density at radius 3 is 2.40 bits per heavy atom. The minimum Gasteiger partial charge on any atom is -0.257 e. The third-order valence-electron chi connectivity index (χ3n) is 4.21. The third kappa shape index (κ3) is 1.32. The van der Waals surface area contributed by atoms with E-state index in [2.05, 4.69) is 20.8 Å². The van der Waals surface area contributed by atoms with Crippen molar-refractivity contribution < 1.29 is 0 Å². The van der Waals surface area contributed by atoms with Crippen LogP contribution >= 0.6 is 0 Å². The monoisotopic (exact) mass is 201 g/mol. The molecule has 1 fully saturated rings. The normalized spacial score (nSPS) is 24.3. The van der Waals surface area contributed by atoms with E-state index in [-0.39, 0.29) is 0 Å². The van der Waals surface area contributed by atoms with Gasteiger partial charge in [-0.15, -0.1) is 0 Å². The lowest BCUT2D eigenvalue weighted by molar-refractivity contribution is 0.726. The lowest BCUT2D eigenvalue weighted by atomic mass is 9.98. The highest BCUT2D eigenvalue weighted by Crippen LogP contribution is 2.44. The van der Waals surface area contributed by atoms with E-state index in [1.54, 1.807) is 5.56 Å². The van der Waals surface area contributed by atoms with Gasteiger partial charge >= 0.3 is 0 Å². The fraction of sp³-hybridized carbons (Fsp3) is 0.643. The summed E-state index contributed by atoms with van der Waals surface area (Å²) in [5.41, 5.74) is 7.40. The zero-order valence-corrected chi connectivity index (χ0v) is 9.93. The van der Waals surface area contributed by atoms with Crippen molar-refractivity contribution in [2.75, 3.05) is 0 Å². The van der Waals surface area contributed by atoms with Gasteiger partial charge in [-0.1, -0.05) is 6.92 Å². The molecule has 0 N–H and O–H groups in total. The van der Waals surface area contributed by atoms with Crippen LogP contribution in [0.25, 0.3) is 0 Å². The van der Waals surface area contributed by atoms with Crippen LogP contribution in [-0.4, -0.2) is 4.98 Å². The van der Waals surface area contributed by atoms with Crippen molar-refractivity contribution in [1.29, 1.82) is 0 Å². The first kappa shape index (κ1) is 9.38. The van der Waals surface area contributed by atoms with Crippen LogP contribution in [0.15, 0.2) is 0 Å². The Bertz CT molecular complexity index is 415. The predicted molar refractivity (Wildman–Crippen MR) is 62.4 cm³/mol. The van der Waals surface area contributed by atoms with Gasteiger partial charge in [-0.3, -0.25) is 4.98 Å². The lowest BCUT2D eigenvalue weighted by Crippen LogP contribution is -2.03. The molecular weight excluding hydrogens is 182 g/mol. The molecule has 0 aliphatic heterocycles. The van der Waals surface area contributed by atoms with Crippen molar-refractivity contribution in [3.63, 3.8) is 0 Å². The maximum absolute atomic E-state index is 4.96. The molecule has 1 aromatic rings. The molecule has 1 unspecified atom stereocenters. The van der Waals surface area contributed by atoms with Crippen LogP contribution < -0.4 is 0 Å². The minimum absolute atomic E-state index is 0.691. The summed E-state index contributed by atoms with van der Waals surface area (Å²) in [6.45, 7) is 6.88. The Hall–Kier alpha value is -0.850. The molecule has 1 aromatic heterocycles. The van der Waals surface area contributed by atoms with E-state index in [9.17, 15) is 0 Å². The number of hydrogen-bond acceptors (Lipinski definition) is 1. The summed E-state index contributed by atoms with van der Waals surface area (Å²) in [5.74, 6) is 1.48. The first-order chi connectivity index (χ1) is 7.18. The van der Waals surface area contributed by atoms with Gasteiger partial charge in [0.2, 0.25) is 0 Å². The third-order valence-corrected chi connectivity index (χ3v) is 4.21. The predicted octanol–water partition coefficient (Wildman–Crippen LogP) is 3.63. The van der Waals surface area contributed by atoms with Crippen LogP contribution in [0.4, 0.5) is 0 Å². The molecule has 80 valence electrons. The molecule has 1 heterocycles. The second-order valence-corrected chi connectivity index (χ2v) is 5.32. The zero-order valence-electron chi connectivity index (χ0n) is 9.93. The smallest absolute Gasteiger partial charge is 0.0470 e. The van der Waals surface area contributed by atoms with E-state index < -0.39 is 0 Å². The maximum atomic E-state index is 4.96. The summed E-state index contributed by atoms with van der Waals surface area (Å²) in [7, 11) is 0. The zero-order chi connectivity index (χ0) is 10.6. The fourth-order valence-corrected chi connectivity index (χ4v) is 2.87. The summed E-state index contributed by atoms with van der Waals surface area (Å²) in [6, 6.07) is 0. The van der Waals surface area contributed by atoms with Crippen molar-refractivity contribution in [3.05, 3.63) is 28.1 Å². The SMILES string of the molecule is Cc1c(C2CC2)nc2c(c1C)CCC2C. The van der Waals surface area contributed by atoms with Crippen molar-refractivity contribution >= 4 is 0 Å². The first-order valence-electron chi connectivity index (χ1n) is 6.18. The second-order valence-electron chi connectivity index (χ2n) is 5.32. The van der Waals surface area contributed by atoms with E-state index in [4.69, 9.17) is 4.98 Å². The quantitative estimate of drug-likeness (QED) is 0.676. The van der Waals surface area contributed by atoms with Crippen LogP contribution in [-0.2, 0) is 6.42 Å². The lowest BCUT2D eigenvalue weighted by Gasteiger charge is -2.13. The van der Waals surface area contributed by atoms with Gasteiger partial charge < -0.3 is 0 Å². The van der Waals surface area contributed by atoms with Gasteiger partial charge in [-0.25, -0.2) is 0 Å². The van der Waals surface area contributed by atoms with Gasteiger partial charge in [0.1, 0.15) is 0 Å². The molecular formula is C14H19N.